The van der Waals surface area contributed by atoms with Crippen LogP contribution >= 0.6 is 0 Å². The fourth-order valence-corrected chi connectivity index (χ4v) is 2.31. The monoisotopic (exact) mass is 295 g/mol. The van der Waals surface area contributed by atoms with Crippen LogP contribution < -0.4 is 9.47 Å². The minimum atomic E-state index is -0.520. The Balaban J connectivity index is 2.75. The van der Waals surface area contributed by atoms with E-state index in [0.717, 1.165) is 25.1 Å². The molecule has 0 aliphatic carbocycles. The van der Waals surface area contributed by atoms with E-state index in [4.69, 9.17) is 9.47 Å². The fourth-order valence-electron chi connectivity index (χ4n) is 2.31. The van der Waals surface area contributed by atoms with Gasteiger partial charge in [-0.3, -0.25) is 0 Å². The molecule has 120 valence electrons. The smallest absolute Gasteiger partial charge is 0.161 e. The zero-order valence-electron chi connectivity index (χ0n) is 13.9. The molecule has 2 unspecified atom stereocenters. The molecular weight excluding hydrogens is 266 g/mol. The van der Waals surface area contributed by atoms with Gasteiger partial charge in [-0.2, -0.15) is 0 Å². The average Bonchev–Trinajstić information content (AvgIpc) is 2.52. The predicted molar refractivity (Wildman–Crippen MR) is 86.1 cm³/mol. The lowest BCUT2D eigenvalue weighted by atomic mass is 10.1. The molecule has 0 bridgehead atoms. The van der Waals surface area contributed by atoms with Gasteiger partial charge in [0.05, 0.1) is 20.3 Å². The summed E-state index contributed by atoms with van der Waals surface area (Å²) in [6.45, 7) is 9.15. The maximum atomic E-state index is 10.5. The molecule has 1 N–H and O–H groups in total. The number of aliphatic hydroxyl groups excluding tert-OH is 1. The summed E-state index contributed by atoms with van der Waals surface area (Å²) in [7, 11) is 3.22. The highest BCUT2D eigenvalue weighted by atomic mass is 16.5. The van der Waals surface area contributed by atoms with Crippen LogP contribution in [0.1, 0.15) is 38.9 Å². The van der Waals surface area contributed by atoms with Gasteiger partial charge in [-0.25, -0.2) is 0 Å². The van der Waals surface area contributed by atoms with Gasteiger partial charge in [-0.05, 0) is 30.2 Å². The third-order valence-corrected chi connectivity index (χ3v) is 3.94. The lowest BCUT2D eigenvalue weighted by molar-refractivity contribution is 0.107. The molecule has 0 aliphatic heterocycles. The summed E-state index contributed by atoms with van der Waals surface area (Å²) in [5.74, 6) is 1.97. The SMILES string of the molecule is CCC(C)CN(CC)CC(O)c1ccc(OC)c(OC)c1. The molecule has 0 heterocycles. The van der Waals surface area contributed by atoms with E-state index < -0.39 is 6.10 Å². The molecule has 0 spiro atoms. The van der Waals surface area contributed by atoms with E-state index in [-0.39, 0.29) is 0 Å². The van der Waals surface area contributed by atoms with E-state index in [2.05, 4.69) is 25.7 Å². The van der Waals surface area contributed by atoms with Crippen LogP contribution in [0.25, 0.3) is 0 Å². The molecule has 4 heteroatoms. The maximum Gasteiger partial charge on any atom is 0.161 e. The average molecular weight is 295 g/mol. The molecule has 2 atom stereocenters. The Bertz CT molecular complexity index is 422. The van der Waals surface area contributed by atoms with Crippen molar-refractivity contribution in [3.05, 3.63) is 23.8 Å². The van der Waals surface area contributed by atoms with Crippen molar-refractivity contribution in [1.82, 2.24) is 4.90 Å². The minimum Gasteiger partial charge on any atom is -0.493 e. The van der Waals surface area contributed by atoms with Crippen LogP contribution in [0.2, 0.25) is 0 Å². The van der Waals surface area contributed by atoms with Crippen molar-refractivity contribution in [2.24, 2.45) is 5.92 Å². The molecule has 0 aromatic heterocycles. The van der Waals surface area contributed by atoms with Crippen LogP contribution in [0.5, 0.6) is 11.5 Å². The zero-order valence-corrected chi connectivity index (χ0v) is 13.9. The standard InChI is InChI=1S/C17H29NO3/c1-6-13(3)11-18(7-2)12-15(19)14-8-9-16(20-4)17(10-14)21-5/h8-10,13,15,19H,6-7,11-12H2,1-5H3. The van der Waals surface area contributed by atoms with Gasteiger partial charge in [0.2, 0.25) is 0 Å². The molecule has 0 amide bonds. The number of aliphatic hydroxyl groups is 1. The predicted octanol–water partition coefficient (Wildman–Crippen LogP) is 3.11. The van der Waals surface area contributed by atoms with Crippen molar-refractivity contribution in [3.63, 3.8) is 0 Å². The van der Waals surface area contributed by atoms with Crippen LogP contribution in [-0.2, 0) is 0 Å². The quantitative estimate of drug-likeness (QED) is 0.760. The van der Waals surface area contributed by atoms with Crippen LogP contribution in [-0.4, -0.2) is 43.9 Å². The molecule has 0 fully saturated rings. The first-order chi connectivity index (χ1) is 10.0. The number of methoxy groups -OCH3 is 2. The molecule has 1 rings (SSSR count). The first-order valence-electron chi connectivity index (χ1n) is 7.67. The topological polar surface area (TPSA) is 41.9 Å². The van der Waals surface area contributed by atoms with Crippen molar-refractivity contribution < 1.29 is 14.6 Å². The van der Waals surface area contributed by atoms with Crippen molar-refractivity contribution in [1.29, 1.82) is 0 Å². The number of hydrogen-bond donors (Lipinski definition) is 1. The Morgan fingerprint density at radius 1 is 1.10 bits per heavy atom. The second-order valence-corrected chi connectivity index (χ2v) is 5.50. The maximum absolute atomic E-state index is 10.5. The third kappa shape index (κ3) is 5.21. The highest BCUT2D eigenvalue weighted by Crippen LogP contribution is 2.30. The van der Waals surface area contributed by atoms with E-state index in [9.17, 15) is 5.11 Å². The summed E-state index contributed by atoms with van der Waals surface area (Å²) in [6, 6.07) is 5.58. The zero-order chi connectivity index (χ0) is 15.8. The molecule has 1 aromatic carbocycles. The molecule has 0 saturated carbocycles. The molecule has 0 radical (unpaired) electrons. The van der Waals surface area contributed by atoms with E-state index in [1.807, 2.05) is 18.2 Å². The number of hydrogen-bond acceptors (Lipinski definition) is 4. The molecular formula is C17H29NO3. The highest BCUT2D eigenvalue weighted by Gasteiger charge is 2.16. The normalized spacial score (nSPS) is 14.0. The lowest BCUT2D eigenvalue weighted by Crippen LogP contribution is -2.32. The van der Waals surface area contributed by atoms with Gasteiger partial charge in [-0.1, -0.05) is 33.3 Å². The van der Waals surface area contributed by atoms with E-state index in [1.54, 1.807) is 14.2 Å². The van der Waals surface area contributed by atoms with Crippen molar-refractivity contribution in [2.45, 2.75) is 33.3 Å². The summed E-state index contributed by atoms with van der Waals surface area (Å²) >= 11 is 0. The van der Waals surface area contributed by atoms with Crippen LogP contribution in [0.15, 0.2) is 18.2 Å². The van der Waals surface area contributed by atoms with Gasteiger partial charge < -0.3 is 19.5 Å². The van der Waals surface area contributed by atoms with Crippen LogP contribution in [0.3, 0.4) is 0 Å². The van der Waals surface area contributed by atoms with Crippen molar-refractivity contribution in [2.75, 3.05) is 33.9 Å². The van der Waals surface area contributed by atoms with Gasteiger partial charge in [0.15, 0.2) is 11.5 Å². The Kier molecular flexibility index (Phi) is 7.54. The fraction of sp³-hybridized carbons (Fsp3) is 0.647. The van der Waals surface area contributed by atoms with Crippen molar-refractivity contribution >= 4 is 0 Å². The van der Waals surface area contributed by atoms with Gasteiger partial charge in [0.1, 0.15) is 0 Å². The molecule has 0 saturated heterocycles. The summed E-state index contributed by atoms with van der Waals surface area (Å²) in [5.41, 5.74) is 0.857. The van der Waals surface area contributed by atoms with Gasteiger partial charge in [0, 0.05) is 13.1 Å². The third-order valence-electron chi connectivity index (χ3n) is 3.94. The van der Waals surface area contributed by atoms with Gasteiger partial charge in [0.25, 0.3) is 0 Å². The largest absolute Gasteiger partial charge is 0.493 e. The van der Waals surface area contributed by atoms with E-state index >= 15 is 0 Å². The number of ether oxygens (including phenoxy) is 2. The molecule has 21 heavy (non-hydrogen) atoms. The van der Waals surface area contributed by atoms with Crippen LogP contribution in [0.4, 0.5) is 0 Å². The second-order valence-electron chi connectivity index (χ2n) is 5.50. The highest BCUT2D eigenvalue weighted by molar-refractivity contribution is 5.43. The van der Waals surface area contributed by atoms with E-state index in [0.29, 0.717) is 24.0 Å². The lowest BCUT2D eigenvalue weighted by Gasteiger charge is -2.26. The molecule has 0 aliphatic rings. The molecule has 4 nitrogen and oxygen atoms in total. The Morgan fingerprint density at radius 2 is 1.76 bits per heavy atom. The Labute approximate surface area is 128 Å². The number of rotatable bonds is 9. The van der Waals surface area contributed by atoms with Crippen LogP contribution in [0, 0.1) is 5.92 Å². The summed E-state index contributed by atoms with van der Waals surface area (Å²) < 4.78 is 10.5. The Morgan fingerprint density at radius 3 is 2.29 bits per heavy atom. The number of likely N-dealkylation sites (N-methyl/N-ethyl adjacent to an activating group) is 1. The van der Waals surface area contributed by atoms with Gasteiger partial charge >= 0.3 is 0 Å². The first kappa shape index (κ1) is 17.8. The first-order valence-corrected chi connectivity index (χ1v) is 7.67. The van der Waals surface area contributed by atoms with Gasteiger partial charge in [-0.15, -0.1) is 0 Å². The number of nitrogens with zero attached hydrogens (tertiary/aromatic N) is 1. The Hall–Kier alpha value is -1.26. The summed E-state index contributed by atoms with van der Waals surface area (Å²) in [6.07, 6.45) is 0.636. The number of benzene rings is 1. The van der Waals surface area contributed by atoms with Crippen molar-refractivity contribution in [3.8, 4) is 11.5 Å². The van der Waals surface area contributed by atoms with E-state index in [1.165, 1.54) is 0 Å². The molecule has 1 aromatic rings. The summed E-state index contributed by atoms with van der Waals surface area (Å²) in [4.78, 5) is 2.29. The second kappa shape index (κ2) is 8.90. The summed E-state index contributed by atoms with van der Waals surface area (Å²) in [5, 5.41) is 10.5. The minimum absolute atomic E-state index is 0.520.